The second-order valence-electron chi connectivity index (χ2n) is 2.52. The maximum atomic E-state index is 11.1. The van der Waals surface area contributed by atoms with Gasteiger partial charge in [0.2, 0.25) is 0 Å². The molecular weight excluding hydrogens is 220 g/mol. The van der Waals surface area contributed by atoms with Gasteiger partial charge in [-0.2, -0.15) is 0 Å². The van der Waals surface area contributed by atoms with Gasteiger partial charge < -0.3 is 10.1 Å². The SMILES string of the molecule is CCOC(=O)C(=O)Nc1cccc(Cl)n1. The van der Waals surface area contributed by atoms with E-state index in [9.17, 15) is 9.59 Å². The minimum Gasteiger partial charge on any atom is -0.459 e. The van der Waals surface area contributed by atoms with E-state index in [1.807, 2.05) is 0 Å². The van der Waals surface area contributed by atoms with E-state index in [1.165, 1.54) is 6.07 Å². The molecule has 0 bridgehead atoms. The van der Waals surface area contributed by atoms with Crippen molar-refractivity contribution < 1.29 is 14.3 Å². The Morgan fingerprint density at radius 2 is 2.27 bits per heavy atom. The lowest BCUT2D eigenvalue weighted by Gasteiger charge is -2.03. The van der Waals surface area contributed by atoms with Gasteiger partial charge in [-0.25, -0.2) is 9.78 Å². The van der Waals surface area contributed by atoms with Crippen LogP contribution >= 0.6 is 11.6 Å². The highest BCUT2D eigenvalue weighted by molar-refractivity contribution is 6.37. The lowest BCUT2D eigenvalue weighted by atomic mass is 10.4. The molecule has 1 amide bonds. The second kappa shape index (κ2) is 5.31. The van der Waals surface area contributed by atoms with Crippen molar-refractivity contribution in [2.75, 3.05) is 11.9 Å². The molecule has 1 rings (SSSR count). The highest BCUT2D eigenvalue weighted by atomic mass is 35.5. The van der Waals surface area contributed by atoms with E-state index >= 15 is 0 Å². The van der Waals surface area contributed by atoms with Crippen molar-refractivity contribution in [2.45, 2.75) is 6.92 Å². The fraction of sp³-hybridized carbons (Fsp3) is 0.222. The van der Waals surface area contributed by atoms with Crippen molar-refractivity contribution in [3.05, 3.63) is 23.4 Å². The summed E-state index contributed by atoms with van der Waals surface area (Å²) in [5, 5.41) is 2.49. The Morgan fingerprint density at radius 1 is 1.53 bits per heavy atom. The molecule has 15 heavy (non-hydrogen) atoms. The number of carbonyl (C=O) groups is 2. The third kappa shape index (κ3) is 3.55. The predicted molar refractivity (Wildman–Crippen MR) is 54.5 cm³/mol. The summed E-state index contributed by atoms with van der Waals surface area (Å²) in [6.45, 7) is 1.76. The molecule has 0 aliphatic carbocycles. The number of pyridine rings is 1. The normalized spacial score (nSPS) is 9.47. The van der Waals surface area contributed by atoms with Gasteiger partial charge >= 0.3 is 11.9 Å². The Hall–Kier alpha value is -1.62. The molecule has 1 aromatic heterocycles. The van der Waals surface area contributed by atoms with Crippen molar-refractivity contribution >= 4 is 29.3 Å². The van der Waals surface area contributed by atoms with Gasteiger partial charge in [0, 0.05) is 0 Å². The molecule has 0 aromatic carbocycles. The zero-order valence-electron chi connectivity index (χ0n) is 7.99. The highest BCUT2D eigenvalue weighted by Crippen LogP contribution is 2.08. The quantitative estimate of drug-likeness (QED) is 0.470. The lowest BCUT2D eigenvalue weighted by Crippen LogP contribution is -2.25. The van der Waals surface area contributed by atoms with Crippen molar-refractivity contribution in [2.24, 2.45) is 0 Å². The largest absolute Gasteiger partial charge is 0.459 e. The lowest BCUT2D eigenvalue weighted by molar-refractivity contribution is -0.152. The van der Waals surface area contributed by atoms with E-state index in [4.69, 9.17) is 11.6 Å². The molecule has 6 heteroatoms. The number of carbonyl (C=O) groups excluding carboxylic acids is 2. The Balaban J connectivity index is 2.62. The molecule has 0 saturated carbocycles. The monoisotopic (exact) mass is 228 g/mol. The summed E-state index contributed by atoms with van der Waals surface area (Å²) in [6.07, 6.45) is 0. The molecular formula is C9H9ClN2O3. The van der Waals surface area contributed by atoms with Crippen LogP contribution in [-0.4, -0.2) is 23.5 Å². The molecule has 0 aliphatic heterocycles. The summed E-state index contributed by atoms with van der Waals surface area (Å²) in [5.74, 6) is -1.61. The molecule has 0 radical (unpaired) electrons. The maximum absolute atomic E-state index is 11.1. The first-order valence-corrected chi connectivity index (χ1v) is 4.62. The number of rotatable bonds is 2. The Labute approximate surface area is 91.4 Å². The van der Waals surface area contributed by atoms with Crippen molar-refractivity contribution in [3.8, 4) is 0 Å². The number of hydrogen-bond acceptors (Lipinski definition) is 4. The maximum Gasteiger partial charge on any atom is 0.397 e. The van der Waals surface area contributed by atoms with Crippen LogP contribution in [0.3, 0.4) is 0 Å². The van der Waals surface area contributed by atoms with Crippen LogP contribution in [0.15, 0.2) is 18.2 Å². The van der Waals surface area contributed by atoms with Gasteiger partial charge in [0.1, 0.15) is 11.0 Å². The van der Waals surface area contributed by atoms with Crippen LogP contribution in [-0.2, 0) is 14.3 Å². The van der Waals surface area contributed by atoms with Crippen molar-refractivity contribution in [3.63, 3.8) is 0 Å². The number of ether oxygens (including phenoxy) is 1. The molecule has 1 aromatic rings. The second-order valence-corrected chi connectivity index (χ2v) is 2.91. The number of esters is 1. The molecule has 1 heterocycles. The van der Waals surface area contributed by atoms with Gasteiger partial charge in [0.15, 0.2) is 0 Å². The summed E-state index contributed by atoms with van der Waals surface area (Å²) in [4.78, 5) is 25.9. The molecule has 80 valence electrons. The van der Waals surface area contributed by atoms with Gasteiger partial charge in [0.25, 0.3) is 0 Å². The number of hydrogen-bond donors (Lipinski definition) is 1. The van der Waals surface area contributed by atoms with Gasteiger partial charge in [-0.05, 0) is 19.1 Å². The summed E-state index contributed by atoms with van der Waals surface area (Å²) in [6, 6.07) is 4.68. The molecule has 0 spiro atoms. The molecule has 0 fully saturated rings. The van der Waals surface area contributed by atoms with E-state index in [0.717, 1.165) is 0 Å². The number of amides is 1. The van der Waals surface area contributed by atoms with Crippen LogP contribution in [0.1, 0.15) is 6.92 Å². The van der Waals surface area contributed by atoms with Gasteiger partial charge in [-0.1, -0.05) is 17.7 Å². The van der Waals surface area contributed by atoms with E-state index in [-0.39, 0.29) is 17.6 Å². The standard InChI is InChI=1S/C9H9ClN2O3/c1-2-15-9(14)8(13)12-7-5-3-4-6(10)11-7/h3-5H,2H2,1H3,(H,11,12,13). The van der Waals surface area contributed by atoms with E-state index in [0.29, 0.717) is 0 Å². The van der Waals surface area contributed by atoms with E-state index in [2.05, 4.69) is 15.0 Å². The third-order valence-corrected chi connectivity index (χ3v) is 1.63. The Morgan fingerprint density at radius 3 is 2.87 bits per heavy atom. The number of halogens is 1. The topological polar surface area (TPSA) is 68.3 Å². The molecule has 0 unspecified atom stereocenters. The third-order valence-electron chi connectivity index (χ3n) is 1.42. The fourth-order valence-electron chi connectivity index (χ4n) is 0.842. The van der Waals surface area contributed by atoms with E-state index < -0.39 is 11.9 Å². The zero-order valence-corrected chi connectivity index (χ0v) is 8.75. The average molecular weight is 229 g/mol. The number of nitrogens with zero attached hydrogens (tertiary/aromatic N) is 1. The fourth-order valence-corrected chi connectivity index (χ4v) is 1.01. The summed E-state index contributed by atoms with van der Waals surface area (Å²) in [7, 11) is 0. The smallest absolute Gasteiger partial charge is 0.397 e. The summed E-state index contributed by atoms with van der Waals surface area (Å²) in [5.41, 5.74) is 0. The van der Waals surface area contributed by atoms with Crippen LogP contribution in [0.5, 0.6) is 0 Å². The highest BCUT2D eigenvalue weighted by Gasteiger charge is 2.14. The Bertz CT molecular complexity index is 381. The van der Waals surface area contributed by atoms with Crippen LogP contribution in [0.4, 0.5) is 5.82 Å². The molecule has 0 atom stereocenters. The minimum atomic E-state index is -0.945. The van der Waals surface area contributed by atoms with Gasteiger partial charge in [-0.3, -0.25) is 4.79 Å². The zero-order chi connectivity index (χ0) is 11.3. The van der Waals surface area contributed by atoms with Crippen LogP contribution in [0, 0.1) is 0 Å². The first-order chi connectivity index (χ1) is 7.13. The first-order valence-electron chi connectivity index (χ1n) is 4.24. The Kier molecular flexibility index (Phi) is 4.05. The number of nitrogens with one attached hydrogen (secondary N) is 1. The molecule has 0 saturated heterocycles. The van der Waals surface area contributed by atoms with E-state index in [1.54, 1.807) is 19.1 Å². The van der Waals surface area contributed by atoms with Crippen LogP contribution in [0.2, 0.25) is 5.15 Å². The average Bonchev–Trinajstić information content (AvgIpc) is 2.18. The molecule has 0 aliphatic rings. The predicted octanol–water partition coefficient (Wildman–Crippen LogP) is 1.24. The summed E-state index contributed by atoms with van der Waals surface area (Å²) < 4.78 is 4.49. The van der Waals surface area contributed by atoms with Crippen molar-refractivity contribution in [1.29, 1.82) is 0 Å². The molecule has 5 nitrogen and oxygen atoms in total. The number of aromatic nitrogens is 1. The van der Waals surface area contributed by atoms with Crippen LogP contribution in [0.25, 0.3) is 0 Å². The van der Waals surface area contributed by atoms with Gasteiger partial charge in [0.05, 0.1) is 6.61 Å². The number of anilines is 1. The first kappa shape index (κ1) is 11.5. The minimum absolute atomic E-state index is 0.148. The van der Waals surface area contributed by atoms with Crippen molar-refractivity contribution in [1.82, 2.24) is 4.98 Å². The summed E-state index contributed by atoms with van der Waals surface area (Å²) >= 11 is 5.59. The van der Waals surface area contributed by atoms with Gasteiger partial charge in [-0.15, -0.1) is 0 Å². The van der Waals surface area contributed by atoms with Crippen LogP contribution < -0.4 is 5.32 Å². The molecule has 1 N–H and O–H groups in total.